The van der Waals surface area contributed by atoms with Crippen LogP contribution in [0.5, 0.6) is 23.0 Å². The zero-order valence-corrected chi connectivity index (χ0v) is 20.1. The molecular weight excluding hydrogens is 460 g/mol. The van der Waals surface area contributed by atoms with Gasteiger partial charge >= 0.3 is 5.97 Å². The lowest BCUT2D eigenvalue weighted by Crippen LogP contribution is -2.26. The molecular formula is C24H26N2O7S. The molecule has 1 fully saturated rings. The summed E-state index contributed by atoms with van der Waals surface area (Å²) in [5, 5.41) is 12.4. The van der Waals surface area contributed by atoms with Gasteiger partial charge in [0.2, 0.25) is 0 Å². The third kappa shape index (κ3) is 6.02. The van der Waals surface area contributed by atoms with Crippen LogP contribution in [0.3, 0.4) is 0 Å². The lowest BCUT2D eigenvalue weighted by atomic mass is 10.1. The van der Waals surface area contributed by atoms with E-state index in [1.165, 1.54) is 18.9 Å². The van der Waals surface area contributed by atoms with Crippen molar-refractivity contribution in [2.75, 3.05) is 20.8 Å². The number of nitrogens with one attached hydrogen (secondary N) is 1. The van der Waals surface area contributed by atoms with E-state index in [1.54, 1.807) is 56.5 Å². The Kier molecular flexibility index (Phi) is 8.42. The molecule has 3 rings (SSSR count). The van der Waals surface area contributed by atoms with Gasteiger partial charge in [0.15, 0.2) is 22.8 Å². The number of carbonyl (C=O) groups excluding carboxylic acids is 1. The molecule has 0 aliphatic carbocycles. The normalized spacial score (nSPS) is 16.3. The molecule has 1 amide bonds. The second-order valence-corrected chi connectivity index (χ2v) is 8.04. The number of rotatable bonds is 10. The summed E-state index contributed by atoms with van der Waals surface area (Å²) < 4.78 is 21.8. The molecule has 0 radical (unpaired) electrons. The van der Waals surface area contributed by atoms with Crippen LogP contribution in [0, 0.1) is 0 Å². The number of hydrogen-bond acceptors (Lipinski definition) is 8. The first-order valence-corrected chi connectivity index (χ1v) is 11.4. The molecule has 0 saturated carbocycles. The van der Waals surface area contributed by atoms with Gasteiger partial charge in [-0.2, -0.15) is 0 Å². The lowest BCUT2D eigenvalue weighted by Gasteiger charge is -2.16. The highest BCUT2D eigenvalue weighted by Crippen LogP contribution is 2.36. The second kappa shape index (κ2) is 11.5. The van der Waals surface area contributed by atoms with Crippen LogP contribution in [0.4, 0.5) is 5.69 Å². The van der Waals surface area contributed by atoms with Gasteiger partial charge in [0.1, 0.15) is 17.2 Å². The van der Waals surface area contributed by atoms with Crippen LogP contribution in [0.2, 0.25) is 0 Å². The van der Waals surface area contributed by atoms with Gasteiger partial charge in [-0.1, -0.05) is 13.0 Å². The van der Waals surface area contributed by atoms with E-state index in [0.29, 0.717) is 57.3 Å². The van der Waals surface area contributed by atoms with E-state index in [0.717, 1.165) is 0 Å². The molecule has 0 aromatic heterocycles. The fourth-order valence-corrected chi connectivity index (χ4v) is 3.90. The topological polar surface area (TPSA) is 116 Å². The molecule has 1 unspecified atom stereocenters. The summed E-state index contributed by atoms with van der Waals surface area (Å²) in [6, 6.07) is 10.3. The maximum absolute atomic E-state index is 12.5. The summed E-state index contributed by atoms with van der Waals surface area (Å²) in [5.74, 6) is 0.549. The highest BCUT2D eigenvalue weighted by atomic mass is 32.2. The van der Waals surface area contributed by atoms with E-state index in [9.17, 15) is 14.7 Å². The summed E-state index contributed by atoms with van der Waals surface area (Å²) in [5.41, 5.74) is 1.25. The quantitative estimate of drug-likeness (QED) is 0.479. The highest BCUT2D eigenvalue weighted by Gasteiger charge is 2.25. The number of carboxylic acids is 1. The average molecular weight is 487 g/mol. The molecule has 1 heterocycles. The highest BCUT2D eigenvalue weighted by molar-refractivity contribution is 8.18. The van der Waals surface area contributed by atoms with Crippen molar-refractivity contribution in [3.63, 3.8) is 0 Å². The summed E-state index contributed by atoms with van der Waals surface area (Å²) in [4.78, 5) is 28.8. The Hall–Kier alpha value is -3.66. The van der Waals surface area contributed by atoms with Gasteiger partial charge in [-0.05, 0) is 61.0 Å². The molecule has 0 spiro atoms. The molecule has 180 valence electrons. The van der Waals surface area contributed by atoms with Crippen LogP contribution in [0.1, 0.15) is 25.8 Å². The van der Waals surface area contributed by atoms with Gasteiger partial charge in [0.25, 0.3) is 5.91 Å². The Balaban J connectivity index is 1.84. The molecule has 1 aliphatic rings. The Morgan fingerprint density at radius 3 is 2.56 bits per heavy atom. The average Bonchev–Trinajstić information content (AvgIpc) is 3.17. The van der Waals surface area contributed by atoms with Crippen LogP contribution in [-0.4, -0.2) is 49.1 Å². The van der Waals surface area contributed by atoms with Crippen LogP contribution in [-0.2, 0) is 9.59 Å². The minimum absolute atomic E-state index is 0.286. The van der Waals surface area contributed by atoms with E-state index >= 15 is 0 Å². The van der Waals surface area contributed by atoms with Crippen molar-refractivity contribution < 1.29 is 33.6 Å². The van der Waals surface area contributed by atoms with Gasteiger partial charge in [-0.25, -0.2) is 9.79 Å². The molecule has 9 nitrogen and oxygen atoms in total. The Morgan fingerprint density at radius 2 is 1.91 bits per heavy atom. The van der Waals surface area contributed by atoms with Gasteiger partial charge in [-0.15, -0.1) is 0 Å². The minimum Gasteiger partial charge on any atom is -0.497 e. The smallest absolute Gasteiger partial charge is 0.344 e. The monoisotopic (exact) mass is 486 g/mol. The Labute approximate surface area is 201 Å². The van der Waals surface area contributed by atoms with Crippen LogP contribution < -0.4 is 24.3 Å². The van der Waals surface area contributed by atoms with Crippen LogP contribution in [0.15, 0.2) is 46.3 Å². The molecule has 1 saturated heterocycles. The number of amides is 1. The zero-order chi connectivity index (χ0) is 24.7. The summed E-state index contributed by atoms with van der Waals surface area (Å²) in [6.45, 7) is 3.92. The van der Waals surface area contributed by atoms with Crippen molar-refractivity contribution in [3.05, 3.63) is 46.9 Å². The molecule has 1 atom stereocenters. The molecule has 10 heteroatoms. The molecule has 2 aromatic rings. The third-order valence-corrected chi connectivity index (χ3v) is 5.65. The van der Waals surface area contributed by atoms with Crippen molar-refractivity contribution in [2.24, 2.45) is 4.99 Å². The predicted molar refractivity (Wildman–Crippen MR) is 130 cm³/mol. The number of hydrogen-bond donors (Lipinski definition) is 2. The third-order valence-electron chi connectivity index (χ3n) is 4.74. The lowest BCUT2D eigenvalue weighted by molar-refractivity contribution is -0.145. The molecule has 0 bridgehead atoms. The summed E-state index contributed by atoms with van der Waals surface area (Å²) >= 11 is 1.19. The summed E-state index contributed by atoms with van der Waals surface area (Å²) in [7, 11) is 3.10. The number of ether oxygens (including phenoxy) is 4. The Morgan fingerprint density at radius 1 is 1.12 bits per heavy atom. The van der Waals surface area contributed by atoms with Crippen molar-refractivity contribution in [3.8, 4) is 23.0 Å². The van der Waals surface area contributed by atoms with Gasteiger partial charge in [0, 0.05) is 6.07 Å². The van der Waals surface area contributed by atoms with Crippen molar-refractivity contribution >= 4 is 40.6 Å². The maximum atomic E-state index is 12.5. The number of aliphatic imine (C=N–C) groups is 1. The Bertz CT molecular complexity index is 1130. The van der Waals surface area contributed by atoms with E-state index in [1.807, 2.05) is 6.92 Å². The first kappa shape index (κ1) is 25.0. The SMILES string of the molecule is CCOc1cc(/C=C2/SC(=Nc3ccc(OC)cc3OC)NC2=O)ccc1OC(CC)C(=O)O. The minimum atomic E-state index is -1.05. The number of aliphatic carboxylic acids is 1. The van der Waals surface area contributed by atoms with Crippen molar-refractivity contribution in [1.82, 2.24) is 5.32 Å². The van der Waals surface area contributed by atoms with Gasteiger partial charge in [-0.3, -0.25) is 4.79 Å². The number of carboxylic acid groups (broad SMARTS) is 1. The first-order valence-electron chi connectivity index (χ1n) is 10.6. The number of thioether (sulfide) groups is 1. The van der Waals surface area contributed by atoms with E-state index in [4.69, 9.17) is 18.9 Å². The van der Waals surface area contributed by atoms with Crippen molar-refractivity contribution in [1.29, 1.82) is 0 Å². The van der Waals surface area contributed by atoms with Crippen molar-refractivity contribution in [2.45, 2.75) is 26.4 Å². The largest absolute Gasteiger partial charge is 0.497 e. The van der Waals surface area contributed by atoms with Crippen LogP contribution in [0.25, 0.3) is 6.08 Å². The van der Waals surface area contributed by atoms with Gasteiger partial charge < -0.3 is 29.4 Å². The fraction of sp³-hybridized carbons (Fsp3) is 0.292. The first-order chi connectivity index (χ1) is 16.4. The molecule has 2 aromatic carbocycles. The number of benzene rings is 2. The van der Waals surface area contributed by atoms with E-state index < -0.39 is 12.1 Å². The summed E-state index contributed by atoms with van der Waals surface area (Å²) in [6.07, 6.45) is 1.03. The predicted octanol–water partition coefficient (Wildman–Crippen LogP) is 4.24. The fourth-order valence-electron chi connectivity index (χ4n) is 3.06. The standard InChI is InChI=1S/C24H26N2O7S/c1-5-17(23(28)29)33-18-10-7-14(11-20(18)32-6-2)12-21-22(27)26-24(34-21)25-16-9-8-15(30-3)13-19(16)31-4/h7-13,17H,5-6H2,1-4H3,(H,28,29)(H,25,26,27)/b21-12+. The number of methoxy groups -OCH3 is 2. The zero-order valence-electron chi connectivity index (χ0n) is 19.3. The van der Waals surface area contributed by atoms with Crippen LogP contribution >= 0.6 is 11.8 Å². The molecule has 2 N–H and O–H groups in total. The number of nitrogens with zero attached hydrogens (tertiary/aromatic N) is 1. The second-order valence-electron chi connectivity index (χ2n) is 7.01. The number of amidine groups is 1. The molecule has 1 aliphatic heterocycles. The molecule has 34 heavy (non-hydrogen) atoms. The van der Waals surface area contributed by atoms with E-state index in [2.05, 4.69) is 10.3 Å². The number of carbonyl (C=O) groups is 2. The van der Waals surface area contributed by atoms with E-state index in [-0.39, 0.29) is 5.91 Å². The van der Waals surface area contributed by atoms with Gasteiger partial charge in [0.05, 0.1) is 25.7 Å². The maximum Gasteiger partial charge on any atom is 0.344 e.